The first-order valence-electron chi connectivity index (χ1n) is 6.02. The molecule has 18 heavy (non-hydrogen) atoms. The van der Waals surface area contributed by atoms with Gasteiger partial charge in [0.05, 0.1) is 12.8 Å². The zero-order chi connectivity index (χ0) is 12.5. The van der Waals surface area contributed by atoms with Crippen molar-refractivity contribution in [1.82, 2.24) is 9.97 Å². The number of hydrogen-bond donors (Lipinski definition) is 0. The number of aromatic nitrogens is 2. The molecule has 2 aromatic rings. The van der Waals surface area contributed by atoms with Crippen molar-refractivity contribution in [2.45, 2.75) is 32.4 Å². The van der Waals surface area contributed by atoms with E-state index < -0.39 is 0 Å². The van der Waals surface area contributed by atoms with Gasteiger partial charge in [0, 0.05) is 12.1 Å². The fourth-order valence-corrected chi connectivity index (χ4v) is 2.48. The zero-order valence-corrected chi connectivity index (χ0v) is 11.7. The minimum Gasteiger partial charge on any atom is -0.467 e. The number of hydrogen-bond acceptors (Lipinski definition) is 4. The van der Waals surface area contributed by atoms with Gasteiger partial charge in [-0.25, -0.2) is 9.97 Å². The summed E-state index contributed by atoms with van der Waals surface area (Å²) < 4.78 is 6.26. The van der Waals surface area contributed by atoms with Gasteiger partial charge in [-0.2, -0.15) is 0 Å². The zero-order valence-electron chi connectivity index (χ0n) is 10.1. The molecule has 0 bridgehead atoms. The van der Waals surface area contributed by atoms with E-state index in [1.807, 2.05) is 25.1 Å². The Morgan fingerprint density at radius 3 is 2.89 bits per heavy atom. The summed E-state index contributed by atoms with van der Waals surface area (Å²) in [6, 6.07) is 6.46. The summed E-state index contributed by atoms with van der Waals surface area (Å²) in [6.45, 7) is 2.67. The van der Waals surface area contributed by atoms with E-state index >= 15 is 0 Å². The lowest BCUT2D eigenvalue weighted by molar-refractivity contribution is 0.500. The lowest BCUT2D eigenvalue weighted by Crippen LogP contribution is -2.26. The summed E-state index contributed by atoms with van der Waals surface area (Å²) in [6.07, 6.45) is 4.16. The van der Waals surface area contributed by atoms with E-state index in [1.165, 1.54) is 12.8 Å². The molecule has 0 aromatic carbocycles. The smallest absolute Gasteiger partial charge is 0.134 e. The predicted octanol–water partition coefficient (Wildman–Crippen LogP) is 3.31. The summed E-state index contributed by atoms with van der Waals surface area (Å²) in [5, 5.41) is 0. The van der Waals surface area contributed by atoms with E-state index in [2.05, 4.69) is 30.8 Å². The minimum absolute atomic E-state index is 0.580. The molecule has 0 spiro atoms. The van der Waals surface area contributed by atoms with Crippen LogP contribution in [-0.4, -0.2) is 16.0 Å². The SMILES string of the molecule is Cc1nc(Br)cc(N(Cc2ccco2)C2CC2)n1. The van der Waals surface area contributed by atoms with Crippen molar-refractivity contribution in [2.75, 3.05) is 4.90 Å². The number of aryl methyl sites for hydroxylation is 1. The van der Waals surface area contributed by atoms with Gasteiger partial charge < -0.3 is 9.32 Å². The average Bonchev–Trinajstić information content (AvgIpc) is 3.02. The second kappa shape index (κ2) is 4.72. The van der Waals surface area contributed by atoms with Gasteiger partial charge in [-0.15, -0.1) is 0 Å². The summed E-state index contributed by atoms with van der Waals surface area (Å²) >= 11 is 3.43. The van der Waals surface area contributed by atoms with E-state index in [0.717, 1.165) is 28.6 Å². The molecule has 0 radical (unpaired) electrons. The van der Waals surface area contributed by atoms with Gasteiger partial charge in [0.1, 0.15) is 22.0 Å². The Hall–Kier alpha value is -1.36. The van der Waals surface area contributed by atoms with Crippen molar-refractivity contribution in [3.8, 4) is 0 Å². The largest absolute Gasteiger partial charge is 0.467 e. The Kier molecular flexibility index (Phi) is 3.07. The number of nitrogens with zero attached hydrogens (tertiary/aromatic N) is 3. The summed E-state index contributed by atoms with van der Waals surface area (Å²) in [5.74, 6) is 2.71. The average molecular weight is 308 g/mol. The Labute approximate surface area is 114 Å². The Morgan fingerprint density at radius 2 is 2.28 bits per heavy atom. The molecule has 5 heteroatoms. The lowest BCUT2D eigenvalue weighted by atomic mass is 10.3. The molecule has 94 valence electrons. The van der Waals surface area contributed by atoms with E-state index in [0.29, 0.717) is 6.04 Å². The van der Waals surface area contributed by atoms with Crippen LogP contribution in [0, 0.1) is 6.92 Å². The normalized spacial score (nSPS) is 14.8. The fraction of sp³-hybridized carbons (Fsp3) is 0.385. The van der Waals surface area contributed by atoms with Crippen LogP contribution in [0.2, 0.25) is 0 Å². The Balaban J connectivity index is 1.89. The van der Waals surface area contributed by atoms with Gasteiger partial charge in [-0.05, 0) is 47.8 Å². The highest BCUT2D eigenvalue weighted by molar-refractivity contribution is 9.10. The van der Waals surface area contributed by atoms with Crippen LogP contribution >= 0.6 is 15.9 Å². The molecule has 0 atom stereocenters. The van der Waals surface area contributed by atoms with Crippen LogP contribution in [0.3, 0.4) is 0 Å². The summed E-state index contributed by atoms with van der Waals surface area (Å²) in [7, 11) is 0. The van der Waals surface area contributed by atoms with Crippen LogP contribution in [0.4, 0.5) is 5.82 Å². The van der Waals surface area contributed by atoms with Crippen LogP contribution in [-0.2, 0) is 6.54 Å². The number of anilines is 1. The third-order valence-corrected chi connectivity index (χ3v) is 3.39. The first-order valence-corrected chi connectivity index (χ1v) is 6.82. The molecular formula is C13H14BrN3O. The number of rotatable bonds is 4. The topological polar surface area (TPSA) is 42.2 Å². The maximum Gasteiger partial charge on any atom is 0.134 e. The van der Waals surface area contributed by atoms with Crippen LogP contribution in [0.25, 0.3) is 0 Å². The Bertz CT molecular complexity index is 517. The molecular weight excluding hydrogens is 294 g/mol. The summed E-state index contributed by atoms with van der Waals surface area (Å²) in [4.78, 5) is 11.1. The van der Waals surface area contributed by atoms with Gasteiger partial charge in [0.2, 0.25) is 0 Å². The molecule has 4 nitrogen and oxygen atoms in total. The highest BCUT2D eigenvalue weighted by Crippen LogP contribution is 2.32. The van der Waals surface area contributed by atoms with Gasteiger partial charge in [-0.3, -0.25) is 0 Å². The third-order valence-electron chi connectivity index (χ3n) is 2.98. The molecule has 3 rings (SSSR count). The molecule has 1 fully saturated rings. The second-order valence-corrected chi connectivity index (χ2v) is 5.35. The van der Waals surface area contributed by atoms with Crippen molar-refractivity contribution < 1.29 is 4.42 Å². The first-order chi connectivity index (χ1) is 8.72. The standard InChI is InChI=1S/C13H14BrN3O/c1-9-15-12(14)7-13(16-9)17(10-4-5-10)8-11-3-2-6-18-11/h2-3,6-7,10H,4-5,8H2,1H3. The predicted molar refractivity (Wildman–Crippen MR) is 72.4 cm³/mol. The van der Waals surface area contributed by atoms with E-state index in [-0.39, 0.29) is 0 Å². The van der Waals surface area contributed by atoms with Crippen molar-refractivity contribution in [3.63, 3.8) is 0 Å². The highest BCUT2D eigenvalue weighted by atomic mass is 79.9. The summed E-state index contributed by atoms with van der Waals surface area (Å²) in [5.41, 5.74) is 0. The maximum atomic E-state index is 5.43. The van der Waals surface area contributed by atoms with Crippen LogP contribution < -0.4 is 4.90 Å². The van der Waals surface area contributed by atoms with Crippen LogP contribution in [0.5, 0.6) is 0 Å². The van der Waals surface area contributed by atoms with E-state index in [1.54, 1.807) is 6.26 Å². The van der Waals surface area contributed by atoms with Crippen LogP contribution in [0.1, 0.15) is 24.4 Å². The van der Waals surface area contributed by atoms with Gasteiger partial charge in [0.25, 0.3) is 0 Å². The Morgan fingerprint density at radius 1 is 1.44 bits per heavy atom. The molecule has 2 aromatic heterocycles. The monoisotopic (exact) mass is 307 g/mol. The highest BCUT2D eigenvalue weighted by Gasteiger charge is 2.31. The fourth-order valence-electron chi connectivity index (χ4n) is 2.02. The number of halogens is 1. The molecule has 0 aliphatic heterocycles. The molecule has 0 unspecified atom stereocenters. The van der Waals surface area contributed by atoms with E-state index in [4.69, 9.17) is 4.42 Å². The van der Waals surface area contributed by atoms with Crippen LogP contribution in [0.15, 0.2) is 33.5 Å². The molecule has 2 heterocycles. The molecule has 0 amide bonds. The quantitative estimate of drug-likeness (QED) is 0.813. The third kappa shape index (κ3) is 2.56. The molecule has 1 aliphatic carbocycles. The number of furan rings is 1. The molecule has 1 saturated carbocycles. The first kappa shape index (κ1) is 11.7. The maximum absolute atomic E-state index is 5.43. The molecule has 0 N–H and O–H groups in total. The second-order valence-electron chi connectivity index (χ2n) is 4.53. The van der Waals surface area contributed by atoms with Gasteiger partial charge in [0.15, 0.2) is 0 Å². The van der Waals surface area contributed by atoms with E-state index in [9.17, 15) is 0 Å². The molecule has 0 saturated heterocycles. The van der Waals surface area contributed by atoms with Crippen molar-refractivity contribution in [2.24, 2.45) is 0 Å². The van der Waals surface area contributed by atoms with Gasteiger partial charge in [-0.1, -0.05) is 0 Å². The van der Waals surface area contributed by atoms with Crippen molar-refractivity contribution in [1.29, 1.82) is 0 Å². The van der Waals surface area contributed by atoms with Crippen molar-refractivity contribution in [3.05, 3.63) is 40.7 Å². The van der Waals surface area contributed by atoms with Gasteiger partial charge >= 0.3 is 0 Å². The minimum atomic E-state index is 0.580. The molecule has 1 aliphatic rings. The van der Waals surface area contributed by atoms with Crippen molar-refractivity contribution >= 4 is 21.7 Å². The lowest BCUT2D eigenvalue weighted by Gasteiger charge is -2.22.